The number of imidazole rings is 1. The number of aryl methyl sites for hydroxylation is 1. The van der Waals surface area contributed by atoms with Crippen LogP contribution in [0.4, 0.5) is 16.2 Å². The topological polar surface area (TPSA) is 218 Å². The number of nitrogens with one attached hydrogen (secondary N) is 2. The van der Waals surface area contributed by atoms with Gasteiger partial charge in [0.2, 0.25) is 0 Å². The van der Waals surface area contributed by atoms with E-state index in [0.717, 1.165) is 17.5 Å². The molecule has 2 aromatic carbocycles. The van der Waals surface area contributed by atoms with Crippen molar-refractivity contribution in [2.45, 2.75) is 55.9 Å². The summed E-state index contributed by atoms with van der Waals surface area (Å²) < 4.78 is 18.4. The second kappa shape index (κ2) is 14.9. The van der Waals surface area contributed by atoms with Crippen LogP contribution in [0.1, 0.15) is 29.3 Å². The molecule has 16 nitrogen and oxygen atoms in total. The Morgan fingerprint density at radius 1 is 1.21 bits per heavy atom. The summed E-state index contributed by atoms with van der Waals surface area (Å²) in [5.74, 6) is -0.869. The molecule has 278 valence electrons. The third-order valence-electron chi connectivity index (χ3n) is 9.38. The van der Waals surface area contributed by atoms with E-state index >= 15 is 0 Å². The molecular formula is C36H37ClN6O10. The van der Waals surface area contributed by atoms with Gasteiger partial charge in [0.1, 0.15) is 28.6 Å². The van der Waals surface area contributed by atoms with E-state index in [2.05, 4.69) is 26.5 Å². The summed E-state index contributed by atoms with van der Waals surface area (Å²) in [7, 11) is 1.57. The second-order valence-corrected chi connectivity index (χ2v) is 13.1. The number of halogens is 1. The van der Waals surface area contributed by atoms with Gasteiger partial charge in [-0.2, -0.15) is 0 Å². The third kappa shape index (κ3) is 7.04. The number of aliphatic carboxylic acids is 2. The monoisotopic (exact) mass is 748 g/mol. The zero-order valence-corrected chi connectivity index (χ0v) is 29.4. The van der Waals surface area contributed by atoms with E-state index in [-0.39, 0.29) is 22.4 Å². The molecule has 53 heavy (non-hydrogen) atoms. The Morgan fingerprint density at radius 3 is 2.60 bits per heavy atom. The molecule has 4 atom stereocenters. The largest absolute Gasteiger partial charge is 0.496 e. The molecule has 0 aliphatic carbocycles. The minimum absolute atomic E-state index is 0.0668. The Balaban J connectivity index is 1.23. The van der Waals surface area contributed by atoms with Crippen molar-refractivity contribution in [3.63, 3.8) is 0 Å². The predicted octanol–water partition coefficient (Wildman–Crippen LogP) is 2.72. The average molecular weight is 749 g/mol. The number of methoxy groups -OCH3 is 1. The van der Waals surface area contributed by atoms with Gasteiger partial charge in [0.05, 0.1) is 25.7 Å². The minimum atomic E-state index is -2.86. The number of nitrogens with zero attached hydrogens (tertiary/aromatic N) is 4. The van der Waals surface area contributed by atoms with Crippen LogP contribution in [-0.4, -0.2) is 103 Å². The molecule has 2 fully saturated rings. The number of aliphatic hydroxyl groups is 2. The van der Waals surface area contributed by atoms with Crippen molar-refractivity contribution in [2.24, 2.45) is 0 Å². The van der Waals surface area contributed by atoms with Crippen LogP contribution in [0.15, 0.2) is 54.9 Å². The van der Waals surface area contributed by atoms with E-state index in [1.54, 1.807) is 25.3 Å². The Morgan fingerprint density at radius 2 is 1.94 bits per heavy atom. The van der Waals surface area contributed by atoms with Gasteiger partial charge in [-0.15, -0.1) is 6.42 Å². The van der Waals surface area contributed by atoms with Gasteiger partial charge in [0.15, 0.2) is 17.5 Å². The van der Waals surface area contributed by atoms with Crippen molar-refractivity contribution in [3.8, 4) is 18.1 Å². The van der Waals surface area contributed by atoms with Gasteiger partial charge in [-0.25, -0.2) is 24.4 Å². The average Bonchev–Trinajstić information content (AvgIpc) is 3.67. The molecule has 2 aromatic heterocycles. The quantitative estimate of drug-likeness (QED) is 0.0660. The standard InChI is InChI=1S/C36H37ClN6O10/c1-4-35(50)26(18-52-36(32(45)46,33(47)48)16-21-7-10-23(11-8-21)42-13-5-12-38-34(42)49)53-31(29(35)44)43-19-40-28-24(15-27(37)41-30(28)43)39-17-22-9-6-20(2)14-25(22)51-3/h1,6-11,14-15,19,26,29,31,44,50H,5,12-13,16-18H2,2-3H3,(H,38,49)(H,39,41)(H,45,46)(H,47,48)/t26-,29+,31-,35-/m1/s1. The van der Waals surface area contributed by atoms with E-state index in [1.807, 2.05) is 25.1 Å². The highest BCUT2D eigenvalue weighted by molar-refractivity contribution is 6.30. The predicted molar refractivity (Wildman–Crippen MR) is 191 cm³/mol. The normalized spacial score (nSPS) is 21.6. The van der Waals surface area contributed by atoms with Gasteiger partial charge in [-0.05, 0) is 42.7 Å². The van der Waals surface area contributed by atoms with Crippen molar-refractivity contribution in [3.05, 3.63) is 76.7 Å². The van der Waals surface area contributed by atoms with Crippen molar-refractivity contribution in [2.75, 3.05) is 37.0 Å². The van der Waals surface area contributed by atoms with Crippen LogP contribution in [-0.2, 0) is 32.0 Å². The van der Waals surface area contributed by atoms with E-state index in [9.17, 15) is 34.8 Å². The lowest BCUT2D eigenvalue weighted by molar-refractivity contribution is -0.191. The number of aromatic nitrogens is 3. The number of aliphatic hydroxyl groups excluding tert-OH is 1. The summed E-state index contributed by atoms with van der Waals surface area (Å²) in [4.78, 5) is 47.7. The number of hydrogen-bond donors (Lipinski definition) is 6. The summed E-state index contributed by atoms with van der Waals surface area (Å²) in [5, 5.41) is 49.3. The molecule has 4 aromatic rings. The third-order valence-corrected chi connectivity index (χ3v) is 9.58. The first-order chi connectivity index (χ1) is 25.3. The molecule has 0 saturated carbocycles. The van der Waals surface area contributed by atoms with E-state index < -0.39 is 54.6 Å². The van der Waals surface area contributed by atoms with Crippen molar-refractivity contribution in [1.82, 2.24) is 19.9 Å². The zero-order valence-electron chi connectivity index (χ0n) is 28.7. The fraction of sp³-hybridized carbons (Fsp3) is 0.361. The number of rotatable bonds is 13. The SMILES string of the molecule is C#C[C@@]1(O)[C@@H](COC(Cc2ccc(N3CCCNC3=O)cc2)(C(=O)O)C(=O)O)O[C@@H](n2cnc3c(NCc4ccc(C)cc4OC)cc(Cl)nc32)[C@@H]1O. The first-order valence-electron chi connectivity index (χ1n) is 16.5. The van der Waals surface area contributed by atoms with E-state index in [1.165, 1.54) is 27.9 Å². The first-order valence-corrected chi connectivity index (χ1v) is 16.9. The number of terminal acetylenes is 1. The number of carboxylic acid groups (broad SMARTS) is 2. The number of anilines is 2. The molecule has 2 aliphatic rings. The highest BCUT2D eigenvalue weighted by Gasteiger charge is 2.58. The van der Waals surface area contributed by atoms with Crippen LogP contribution in [0, 0.1) is 19.3 Å². The number of carbonyl (C=O) groups excluding carboxylic acids is 1. The lowest BCUT2D eigenvalue weighted by Gasteiger charge is -2.30. The molecule has 2 amide bonds. The fourth-order valence-corrected chi connectivity index (χ4v) is 6.58. The Hall–Kier alpha value is -5.44. The van der Waals surface area contributed by atoms with E-state index in [4.69, 9.17) is 32.2 Å². The Labute approximate surface area is 308 Å². The number of benzene rings is 2. The summed E-state index contributed by atoms with van der Waals surface area (Å²) in [6.45, 7) is 2.46. The summed E-state index contributed by atoms with van der Waals surface area (Å²) in [6, 6.07) is 13.2. The summed E-state index contributed by atoms with van der Waals surface area (Å²) >= 11 is 6.40. The number of amides is 2. The highest BCUT2D eigenvalue weighted by atomic mass is 35.5. The number of urea groups is 1. The second-order valence-electron chi connectivity index (χ2n) is 12.7. The molecule has 2 saturated heterocycles. The van der Waals surface area contributed by atoms with Crippen molar-refractivity contribution >= 4 is 52.1 Å². The Kier molecular flexibility index (Phi) is 10.5. The van der Waals surface area contributed by atoms with Gasteiger partial charge < -0.3 is 45.3 Å². The Bertz CT molecular complexity index is 2070. The summed E-state index contributed by atoms with van der Waals surface area (Å²) in [5.41, 5.74) is -1.66. The molecule has 0 bridgehead atoms. The van der Waals surface area contributed by atoms with Crippen LogP contribution in [0.5, 0.6) is 5.75 Å². The lowest BCUT2D eigenvalue weighted by atomic mass is 9.91. The number of ether oxygens (including phenoxy) is 3. The molecule has 2 aliphatic heterocycles. The maximum absolute atomic E-state index is 12.6. The van der Waals surface area contributed by atoms with Crippen molar-refractivity contribution < 1.29 is 49.0 Å². The molecule has 4 heterocycles. The fourth-order valence-electron chi connectivity index (χ4n) is 6.39. The van der Waals surface area contributed by atoms with Gasteiger partial charge in [-0.1, -0.05) is 41.8 Å². The summed E-state index contributed by atoms with van der Waals surface area (Å²) in [6.07, 6.45) is 2.18. The number of carboxylic acids is 2. The maximum Gasteiger partial charge on any atom is 0.348 e. The molecule has 17 heteroatoms. The number of hydrogen-bond acceptors (Lipinski definition) is 11. The lowest BCUT2D eigenvalue weighted by Crippen LogP contribution is -2.55. The molecule has 0 unspecified atom stereocenters. The molecule has 0 spiro atoms. The molecule has 6 N–H and O–H groups in total. The molecule has 0 radical (unpaired) electrons. The van der Waals surface area contributed by atoms with Crippen LogP contribution in [0.25, 0.3) is 11.2 Å². The van der Waals surface area contributed by atoms with E-state index in [0.29, 0.717) is 42.3 Å². The van der Waals surface area contributed by atoms with Crippen molar-refractivity contribution in [1.29, 1.82) is 0 Å². The van der Waals surface area contributed by atoms with Crippen LogP contribution >= 0.6 is 11.6 Å². The highest BCUT2D eigenvalue weighted by Crippen LogP contribution is 2.40. The zero-order chi connectivity index (χ0) is 38.1. The van der Waals surface area contributed by atoms with Crippen LogP contribution < -0.4 is 20.3 Å². The first kappa shape index (κ1) is 37.3. The smallest absolute Gasteiger partial charge is 0.348 e. The molecular weight excluding hydrogens is 712 g/mol. The minimum Gasteiger partial charge on any atom is -0.496 e. The van der Waals surface area contributed by atoms with Gasteiger partial charge in [0.25, 0.3) is 5.60 Å². The van der Waals surface area contributed by atoms with Gasteiger partial charge >= 0.3 is 18.0 Å². The number of pyridine rings is 1. The van der Waals surface area contributed by atoms with Gasteiger partial charge in [-0.3, -0.25) is 9.47 Å². The molecule has 6 rings (SSSR count). The number of fused-ring (bicyclic) bond motifs is 1. The van der Waals surface area contributed by atoms with Crippen LogP contribution in [0.2, 0.25) is 5.15 Å². The van der Waals surface area contributed by atoms with Gasteiger partial charge in [0, 0.05) is 43.4 Å². The number of carbonyl (C=O) groups is 3. The maximum atomic E-state index is 12.6. The van der Waals surface area contributed by atoms with Crippen LogP contribution in [0.3, 0.4) is 0 Å².